The summed E-state index contributed by atoms with van der Waals surface area (Å²) in [6.07, 6.45) is 2.46. The molecule has 1 saturated heterocycles. The van der Waals surface area contributed by atoms with Crippen LogP contribution < -0.4 is 4.90 Å². The Morgan fingerprint density at radius 2 is 1.65 bits per heavy atom. The number of hydrogen-bond acceptors (Lipinski definition) is 3. The number of aromatic hydroxyl groups is 1. The predicted octanol–water partition coefficient (Wildman–Crippen LogP) is 6.40. The highest BCUT2D eigenvalue weighted by molar-refractivity contribution is 5.82. The average Bonchev–Trinajstić information content (AvgIpc) is 2.83. The van der Waals surface area contributed by atoms with Gasteiger partial charge in [0.2, 0.25) is 0 Å². The van der Waals surface area contributed by atoms with Gasteiger partial charge in [-0.15, -0.1) is 0 Å². The van der Waals surface area contributed by atoms with Crippen LogP contribution in [0, 0.1) is 0 Å². The summed E-state index contributed by atoms with van der Waals surface area (Å²) in [5.74, 6) is 0.294. The van der Waals surface area contributed by atoms with E-state index in [1.165, 1.54) is 22.0 Å². The Labute approximate surface area is 183 Å². The van der Waals surface area contributed by atoms with Crippen molar-refractivity contribution in [2.75, 3.05) is 18.0 Å². The second-order valence-electron chi connectivity index (χ2n) is 8.30. The van der Waals surface area contributed by atoms with Gasteiger partial charge in [-0.25, -0.2) is 0 Å². The van der Waals surface area contributed by atoms with Crippen LogP contribution in [0.25, 0.3) is 21.9 Å². The summed E-state index contributed by atoms with van der Waals surface area (Å²) in [6, 6.07) is 31.1. The van der Waals surface area contributed by atoms with Crippen LogP contribution in [0.2, 0.25) is 0 Å². The summed E-state index contributed by atoms with van der Waals surface area (Å²) < 4.78 is 6.33. The Balaban J connectivity index is 1.25. The van der Waals surface area contributed by atoms with Crippen LogP contribution in [-0.4, -0.2) is 24.3 Å². The molecule has 0 aliphatic carbocycles. The lowest BCUT2D eigenvalue weighted by molar-refractivity contribution is 0.0316. The molecule has 0 saturated carbocycles. The van der Waals surface area contributed by atoms with Crippen LogP contribution in [0.3, 0.4) is 0 Å². The molecule has 0 radical (unpaired) electrons. The van der Waals surface area contributed by atoms with Gasteiger partial charge in [0, 0.05) is 18.8 Å². The van der Waals surface area contributed by atoms with Crippen molar-refractivity contribution in [3.63, 3.8) is 0 Å². The largest absolute Gasteiger partial charge is 0.508 e. The van der Waals surface area contributed by atoms with Gasteiger partial charge in [0.15, 0.2) is 0 Å². The zero-order valence-electron chi connectivity index (χ0n) is 17.6. The van der Waals surface area contributed by atoms with Gasteiger partial charge in [-0.2, -0.15) is 0 Å². The highest BCUT2D eigenvalue weighted by Crippen LogP contribution is 2.28. The summed E-state index contributed by atoms with van der Waals surface area (Å²) in [6.45, 7) is 2.61. The highest BCUT2D eigenvalue weighted by atomic mass is 16.5. The number of phenols is 1. The second-order valence-corrected chi connectivity index (χ2v) is 8.30. The van der Waals surface area contributed by atoms with Crippen LogP contribution in [0.5, 0.6) is 5.75 Å². The van der Waals surface area contributed by atoms with Gasteiger partial charge in [0.05, 0.1) is 12.7 Å². The first-order valence-corrected chi connectivity index (χ1v) is 11.0. The van der Waals surface area contributed by atoms with Gasteiger partial charge in [-0.1, -0.05) is 60.7 Å². The van der Waals surface area contributed by atoms with Crippen molar-refractivity contribution in [2.45, 2.75) is 25.6 Å². The van der Waals surface area contributed by atoms with Gasteiger partial charge in [0.25, 0.3) is 0 Å². The summed E-state index contributed by atoms with van der Waals surface area (Å²) >= 11 is 0. The van der Waals surface area contributed by atoms with Crippen LogP contribution in [-0.2, 0) is 11.3 Å². The minimum Gasteiger partial charge on any atom is -0.508 e. The van der Waals surface area contributed by atoms with E-state index in [4.69, 9.17) is 4.74 Å². The first-order valence-electron chi connectivity index (χ1n) is 11.0. The van der Waals surface area contributed by atoms with Crippen molar-refractivity contribution in [2.24, 2.45) is 0 Å². The van der Waals surface area contributed by atoms with Gasteiger partial charge < -0.3 is 14.7 Å². The molecule has 0 bridgehead atoms. The SMILES string of the molecule is Oc1ccc(-c2cccc(N3CCCC(OCc4ccc5ccccc5c4)C3)c2)cc1. The topological polar surface area (TPSA) is 32.7 Å². The Hall–Kier alpha value is -3.30. The fourth-order valence-corrected chi connectivity index (χ4v) is 4.39. The smallest absolute Gasteiger partial charge is 0.115 e. The van der Waals surface area contributed by atoms with E-state index >= 15 is 0 Å². The van der Waals surface area contributed by atoms with Crippen molar-refractivity contribution >= 4 is 16.5 Å². The van der Waals surface area contributed by atoms with Gasteiger partial charge in [0.1, 0.15) is 5.75 Å². The van der Waals surface area contributed by atoms with E-state index < -0.39 is 0 Å². The van der Waals surface area contributed by atoms with Crippen LogP contribution in [0.4, 0.5) is 5.69 Å². The predicted molar refractivity (Wildman–Crippen MR) is 128 cm³/mol. The third-order valence-corrected chi connectivity index (χ3v) is 6.09. The Morgan fingerprint density at radius 1 is 0.806 bits per heavy atom. The molecule has 4 aromatic rings. The van der Waals surface area contributed by atoms with Gasteiger partial charge >= 0.3 is 0 Å². The number of nitrogens with zero attached hydrogens (tertiary/aromatic N) is 1. The van der Waals surface area contributed by atoms with Gasteiger partial charge in [-0.05, 0) is 70.6 Å². The molecular weight excluding hydrogens is 382 g/mol. The molecule has 1 N–H and O–H groups in total. The lowest BCUT2D eigenvalue weighted by Gasteiger charge is -2.34. The van der Waals surface area contributed by atoms with Crippen LogP contribution in [0.1, 0.15) is 18.4 Å². The normalized spacial score (nSPS) is 16.5. The first-order chi connectivity index (χ1) is 15.2. The van der Waals surface area contributed by atoms with E-state index in [2.05, 4.69) is 71.6 Å². The molecule has 156 valence electrons. The number of rotatable bonds is 5. The maximum absolute atomic E-state index is 9.55. The molecule has 1 aliphatic heterocycles. The lowest BCUT2D eigenvalue weighted by atomic mass is 10.0. The highest BCUT2D eigenvalue weighted by Gasteiger charge is 2.21. The molecule has 4 aromatic carbocycles. The third kappa shape index (κ3) is 4.57. The van der Waals surface area contributed by atoms with E-state index in [9.17, 15) is 5.11 Å². The maximum Gasteiger partial charge on any atom is 0.115 e. The van der Waals surface area contributed by atoms with Crippen molar-refractivity contribution in [3.8, 4) is 16.9 Å². The fourth-order valence-electron chi connectivity index (χ4n) is 4.39. The van der Waals surface area contributed by atoms with E-state index in [0.717, 1.165) is 37.1 Å². The average molecular weight is 410 g/mol. The number of phenolic OH excluding ortho intramolecular Hbond substituents is 1. The van der Waals surface area contributed by atoms with Crippen molar-refractivity contribution in [1.29, 1.82) is 0 Å². The van der Waals surface area contributed by atoms with E-state index in [1.54, 1.807) is 12.1 Å². The van der Waals surface area contributed by atoms with Crippen molar-refractivity contribution in [1.82, 2.24) is 0 Å². The third-order valence-electron chi connectivity index (χ3n) is 6.09. The standard InChI is InChI=1S/C28H27NO2/c30-27-14-12-23(13-15-27)25-7-3-8-26(18-25)29-16-4-9-28(19-29)31-20-21-10-11-22-5-1-2-6-24(22)17-21/h1-3,5-8,10-15,17-18,28,30H,4,9,16,19-20H2. The Bertz CT molecular complexity index is 1170. The molecule has 1 fully saturated rings. The maximum atomic E-state index is 9.55. The number of fused-ring (bicyclic) bond motifs is 1. The molecule has 1 unspecified atom stereocenters. The Kier molecular flexibility index (Phi) is 5.59. The monoisotopic (exact) mass is 409 g/mol. The van der Waals surface area contributed by atoms with E-state index in [1.807, 2.05) is 12.1 Å². The fraction of sp³-hybridized carbons (Fsp3) is 0.214. The Morgan fingerprint density at radius 3 is 2.52 bits per heavy atom. The number of hydrogen-bond donors (Lipinski definition) is 1. The van der Waals surface area contributed by atoms with Crippen molar-refractivity contribution in [3.05, 3.63) is 96.6 Å². The zero-order chi connectivity index (χ0) is 21.0. The zero-order valence-corrected chi connectivity index (χ0v) is 17.6. The second kappa shape index (κ2) is 8.83. The molecule has 0 aromatic heterocycles. The molecule has 1 heterocycles. The van der Waals surface area contributed by atoms with Crippen molar-refractivity contribution < 1.29 is 9.84 Å². The molecule has 5 rings (SSSR count). The van der Waals surface area contributed by atoms with Crippen LogP contribution in [0.15, 0.2) is 91.0 Å². The van der Waals surface area contributed by atoms with Gasteiger partial charge in [-0.3, -0.25) is 0 Å². The molecule has 0 spiro atoms. The van der Waals surface area contributed by atoms with Crippen LogP contribution >= 0.6 is 0 Å². The first kappa shape index (κ1) is 19.7. The number of anilines is 1. The molecule has 1 aliphatic rings. The molecule has 0 amide bonds. The quantitative estimate of drug-likeness (QED) is 0.414. The molecule has 31 heavy (non-hydrogen) atoms. The summed E-state index contributed by atoms with van der Waals surface area (Å²) in [7, 11) is 0. The minimum absolute atomic E-state index is 0.234. The molecular formula is C28H27NO2. The molecule has 3 nitrogen and oxygen atoms in total. The number of ether oxygens (including phenoxy) is 1. The number of benzene rings is 4. The lowest BCUT2D eigenvalue weighted by Crippen LogP contribution is -2.39. The summed E-state index contributed by atoms with van der Waals surface area (Å²) in [5.41, 5.74) is 4.73. The molecule has 1 atom stereocenters. The van der Waals surface area contributed by atoms with E-state index in [-0.39, 0.29) is 6.10 Å². The summed E-state index contributed by atoms with van der Waals surface area (Å²) in [5, 5.41) is 12.1. The summed E-state index contributed by atoms with van der Waals surface area (Å²) in [4.78, 5) is 2.43. The molecule has 3 heteroatoms. The van der Waals surface area contributed by atoms with E-state index in [0.29, 0.717) is 12.4 Å². The minimum atomic E-state index is 0.234. The number of piperidine rings is 1.